The Morgan fingerprint density at radius 2 is 2.05 bits per heavy atom. The van der Waals surface area contributed by atoms with Gasteiger partial charge in [0.05, 0.1) is 11.4 Å². The lowest BCUT2D eigenvalue weighted by Gasteiger charge is -2.07. The van der Waals surface area contributed by atoms with Gasteiger partial charge in [-0.25, -0.2) is 4.98 Å². The lowest BCUT2D eigenvalue weighted by atomic mass is 10.0. The maximum Gasteiger partial charge on any atom is 0.254 e. The van der Waals surface area contributed by atoms with Crippen LogP contribution in [0.2, 0.25) is 0 Å². The van der Waals surface area contributed by atoms with E-state index in [0.717, 1.165) is 33.7 Å². The van der Waals surface area contributed by atoms with E-state index >= 15 is 0 Å². The van der Waals surface area contributed by atoms with Crippen molar-refractivity contribution in [3.8, 4) is 11.3 Å². The highest BCUT2D eigenvalue weighted by Gasteiger charge is 2.24. The van der Waals surface area contributed by atoms with Gasteiger partial charge in [-0.3, -0.25) is 9.20 Å². The number of benzene rings is 1. The summed E-state index contributed by atoms with van der Waals surface area (Å²) in [7, 11) is 1.84. The van der Waals surface area contributed by atoms with Gasteiger partial charge in [-0.05, 0) is 42.3 Å². The van der Waals surface area contributed by atoms with Crippen LogP contribution in [-0.2, 0) is 6.54 Å². The minimum Gasteiger partial charge on any atom is -0.337 e. The van der Waals surface area contributed by atoms with E-state index < -0.39 is 0 Å². The Labute approximate surface area is 122 Å². The van der Waals surface area contributed by atoms with Crippen LogP contribution < -0.4 is 0 Å². The number of fused-ring (bicyclic) bond motifs is 2. The second-order valence-corrected chi connectivity index (χ2v) is 5.55. The van der Waals surface area contributed by atoms with Crippen LogP contribution in [0.15, 0.2) is 42.6 Å². The van der Waals surface area contributed by atoms with Gasteiger partial charge in [0.1, 0.15) is 5.65 Å². The molecule has 0 spiro atoms. The van der Waals surface area contributed by atoms with Crippen LogP contribution in [0.4, 0.5) is 0 Å². The second kappa shape index (κ2) is 4.19. The van der Waals surface area contributed by atoms with Crippen molar-refractivity contribution in [2.75, 3.05) is 7.05 Å². The van der Waals surface area contributed by atoms with Gasteiger partial charge in [0, 0.05) is 25.4 Å². The molecular formula is C17H15N3O. The first-order valence-electron chi connectivity index (χ1n) is 6.97. The summed E-state index contributed by atoms with van der Waals surface area (Å²) in [5.41, 5.74) is 6.05. The molecule has 4 nitrogen and oxygen atoms in total. The van der Waals surface area contributed by atoms with E-state index in [1.54, 1.807) is 4.90 Å². The summed E-state index contributed by atoms with van der Waals surface area (Å²) in [6.45, 7) is 2.67. The predicted octanol–water partition coefficient (Wildman–Crippen LogP) is 2.90. The third-order valence-corrected chi connectivity index (χ3v) is 4.00. The predicted molar refractivity (Wildman–Crippen MR) is 81.2 cm³/mol. The number of carbonyl (C=O) groups excluding carboxylic acids is 1. The van der Waals surface area contributed by atoms with Gasteiger partial charge in [0.25, 0.3) is 5.91 Å². The highest BCUT2D eigenvalue weighted by Crippen LogP contribution is 2.28. The smallest absolute Gasteiger partial charge is 0.254 e. The lowest BCUT2D eigenvalue weighted by Crippen LogP contribution is -2.17. The number of nitrogens with zero attached hydrogens (tertiary/aromatic N) is 3. The molecule has 0 atom stereocenters. The summed E-state index contributed by atoms with van der Waals surface area (Å²) in [4.78, 5) is 18.2. The lowest BCUT2D eigenvalue weighted by molar-refractivity contribution is 0.0816. The number of imidazole rings is 1. The highest BCUT2D eigenvalue weighted by molar-refractivity contribution is 5.98. The van der Waals surface area contributed by atoms with Crippen molar-refractivity contribution in [1.82, 2.24) is 14.3 Å². The molecule has 104 valence electrons. The Morgan fingerprint density at radius 1 is 1.19 bits per heavy atom. The largest absolute Gasteiger partial charge is 0.337 e. The van der Waals surface area contributed by atoms with Gasteiger partial charge in [0.15, 0.2) is 0 Å². The van der Waals surface area contributed by atoms with E-state index in [4.69, 9.17) is 0 Å². The minimum absolute atomic E-state index is 0.105. The van der Waals surface area contributed by atoms with E-state index in [0.29, 0.717) is 6.54 Å². The summed E-state index contributed by atoms with van der Waals surface area (Å²) in [5.74, 6) is 0.105. The molecule has 0 bridgehead atoms. The van der Waals surface area contributed by atoms with Crippen molar-refractivity contribution < 1.29 is 4.79 Å². The molecule has 0 radical (unpaired) electrons. The molecule has 0 saturated carbocycles. The first-order valence-corrected chi connectivity index (χ1v) is 6.97. The summed E-state index contributed by atoms with van der Waals surface area (Å²) < 4.78 is 2.09. The molecule has 1 amide bonds. The van der Waals surface area contributed by atoms with Gasteiger partial charge in [-0.2, -0.15) is 0 Å². The average Bonchev–Trinajstić information content (AvgIpc) is 2.98. The van der Waals surface area contributed by atoms with Gasteiger partial charge in [-0.15, -0.1) is 0 Å². The van der Waals surface area contributed by atoms with Crippen LogP contribution in [0, 0.1) is 6.92 Å². The number of aryl methyl sites for hydroxylation is 1. The molecule has 2 aromatic heterocycles. The van der Waals surface area contributed by atoms with E-state index in [9.17, 15) is 4.79 Å². The first kappa shape index (κ1) is 12.1. The Morgan fingerprint density at radius 3 is 2.90 bits per heavy atom. The fourth-order valence-electron chi connectivity index (χ4n) is 2.99. The molecule has 0 saturated heterocycles. The number of rotatable bonds is 1. The van der Waals surface area contributed by atoms with Gasteiger partial charge >= 0.3 is 0 Å². The monoisotopic (exact) mass is 277 g/mol. The van der Waals surface area contributed by atoms with Crippen molar-refractivity contribution in [2.45, 2.75) is 13.5 Å². The number of carbonyl (C=O) groups is 1. The number of hydrogen-bond acceptors (Lipinski definition) is 2. The topological polar surface area (TPSA) is 37.6 Å². The first-order chi connectivity index (χ1) is 10.1. The molecule has 1 aliphatic heterocycles. The summed E-state index contributed by atoms with van der Waals surface area (Å²) in [6.07, 6.45) is 2.04. The van der Waals surface area contributed by atoms with Crippen LogP contribution in [0.3, 0.4) is 0 Å². The van der Waals surface area contributed by atoms with Crippen molar-refractivity contribution in [2.24, 2.45) is 0 Å². The third-order valence-electron chi connectivity index (χ3n) is 4.00. The summed E-state index contributed by atoms with van der Waals surface area (Å²) in [5, 5.41) is 0. The molecule has 4 heteroatoms. The number of amides is 1. The molecular weight excluding hydrogens is 262 g/mol. The summed E-state index contributed by atoms with van der Waals surface area (Å²) in [6, 6.07) is 12.2. The normalized spacial score (nSPS) is 14.0. The van der Waals surface area contributed by atoms with Crippen LogP contribution in [-0.4, -0.2) is 27.2 Å². The standard InChI is InChI=1S/C17H15N3O/c1-11-9-20-15(4-3-5-16(20)18-11)12-6-7-14-13(8-12)10-19(2)17(14)21/h3-9H,10H2,1-2H3. The molecule has 3 heterocycles. The molecule has 0 aliphatic carbocycles. The van der Waals surface area contributed by atoms with Gasteiger partial charge < -0.3 is 4.90 Å². The zero-order valence-corrected chi connectivity index (χ0v) is 12.0. The Kier molecular flexibility index (Phi) is 2.42. The molecule has 4 rings (SSSR count). The van der Waals surface area contributed by atoms with Crippen molar-refractivity contribution in [1.29, 1.82) is 0 Å². The average molecular weight is 277 g/mol. The van der Waals surface area contributed by atoms with E-state index in [-0.39, 0.29) is 5.91 Å². The molecule has 0 unspecified atom stereocenters. The van der Waals surface area contributed by atoms with Crippen LogP contribution in [0.1, 0.15) is 21.6 Å². The quantitative estimate of drug-likeness (QED) is 0.686. The van der Waals surface area contributed by atoms with Crippen LogP contribution in [0.25, 0.3) is 16.9 Å². The molecule has 0 fully saturated rings. The molecule has 1 aliphatic rings. The van der Waals surface area contributed by atoms with Crippen LogP contribution in [0.5, 0.6) is 0 Å². The second-order valence-electron chi connectivity index (χ2n) is 5.55. The van der Waals surface area contributed by atoms with Gasteiger partial charge in [-0.1, -0.05) is 12.1 Å². The maximum absolute atomic E-state index is 12.0. The number of pyridine rings is 1. The highest BCUT2D eigenvalue weighted by atomic mass is 16.2. The molecule has 0 N–H and O–H groups in total. The molecule has 21 heavy (non-hydrogen) atoms. The van der Waals surface area contributed by atoms with Crippen molar-refractivity contribution >= 4 is 11.6 Å². The van der Waals surface area contributed by atoms with Crippen molar-refractivity contribution in [3.05, 3.63) is 59.4 Å². The van der Waals surface area contributed by atoms with E-state index in [1.165, 1.54) is 0 Å². The minimum atomic E-state index is 0.105. The molecule has 1 aromatic carbocycles. The SMILES string of the molecule is Cc1cn2c(-c3ccc4c(c3)CN(C)C4=O)cccc2n1. The van der Waals surface area contributed by atoms with E-state index in [1.807, 2.05) is 44.4 Å². The Hall–Kier alpha value is -2.62. The van der Waals surface area contributed by atoms with E-state index in [2.05, 4.69) is 21.5 Å². The zero-order chi connectivity index (χ0) is 14.6. The third kappa shape index (κ3) is 1.76. The summed E-state index contributed by atoms with van der Waals surface area (Å²) >= 11 is 0. The maximum atomic E-state index is 12.0. The van der Waals surface area contributed by atoms with Crippen LogP contribution >= 0.6 is 0 Å². The fourth-order valence-corrected chi connectivity index (χ4v) is 2.99. The fraction of sp³-hybridized carbons (Fsp3) is 0.176. The number of hydrogen-bond donors (Lipinski definition) is 0. The van der Waals surface area contributed by atoms with Gasteiger partial charge in [0.2, 0.25) is 0 Å². The number of aromatic nitrogens is 2. The Bertz CT molecular complexity index is 879. The Balaban J connectivity index is 1.91. The zero-order valence-electron chi connectivity index (χ0n) is 12.0. The van der Waals surface area contributed by atoms with Crippen molar-refractivity contribution in [3.63, 3.8) is 0 Å². The molecule has 3 aromatic rings.